The molecule has 0 spiro atoms. The molecule has 6 nitrogen and oxygen atoms in total. The van der Waals surface area contributed by atoms with Gasteiger partial charge in [0, 0.05) is 18.9 Å². The minimum atomic E-state index is 0.764. The second kappa shape index (κ2) is 9.78. The van der Waals surface area contributed by atoms with Gasteiger partial charge in [-0.3, -0.25) is 4.68 Å². The van der Waals surface area contributed by atoms with Gasteiger partial charge in [0.05, 0.1) is 17.9 Å². The zero-order valence-corrected chi connectivity index (χ0v) is 16.6. The van der Waals surface area contributed by atoms with E-state index in [1.165, 1.54) is 11.1 Å². The van der Waals surface area contributed by atoms with E-state index in [0.717, 1.165) is 56.6 Å². The Morgan fingerprint density at radius 3 is 1.79 bits per heavy atom. The normalized spacial score (nSPS) is 11.0. The summed E-state index contributed by atoms with van der Waals surface area (Å²) in [6.07, 6.45) is 9.12. The summed E-state index contributed by atoms with van der Waals surface area (Å²) in [5.74, 6) is 0. The number of hydrogen-bond acceptors (Lipinski definition) is 4. The minimum absolute atomic E-state index is 0.764. The van der Waals surface area contributed by atoms with Crippen molar-refractivity contribution in [1.29, 1.82) is 0 Å². The number of aromatic nitrogens is 6. The average Bonchev–Trinajstić information content (AvgIpc) is 3.41. The lowest BCUT2D eigenvalue weighted by atomic mass is 10.1. The summed E-state index contributed by atoms with van der Waals surface area (Å²) >= 11 is 0. The van der Waals surface area contributed by atoms with Crippen LogP contribution in [0, 0.1) is 0 Å². The van der Waals surface area contributed by atoms with Crippen LogP contribution in [0.15, 0.2) is 73.1 Å². The molecular weight excluding hydrogens is 360 g/mol. The molecule has 0 radical (unpaired) electrons. The highest BCUT2D eigenvalue weighted by Gasteiger charge is 2.04. The third kappa shape index (κ3) is 5.85. The van der Waals surface area contributed by atoms with Crippen LogP contribution in [-0.2, 0) is 32.4 Å². The smallest absolute Gasteiger partial charge is 0.0827 e. The van der Waals surface area contributed by atoms with Crippen molar-refractivity contribution in [2.45, 2.75) is 45.2 Å². The first kappa shape index (κ1) is 19.1. The van der Waals surface area contributed by atoms with E-state index in [1.54, 1.807) is 0 Å². The number of unbranched alkanes of at least 4 members (excludes halogenated alkanes) is 1. The summed E-state index contributed by atoms with van der Waals surface area (Å²) in [5, 5.41) is 17.1. The largest absolute Gasteiger partial charge is 0.252 e. The van der Waals surface area contributed by atoms with Gasteiger partial charge in [0.1, 0.15) is 0 Å². The molecule has 0 N–H and O–H groups in total. The number of hydrogen-bond donors (Lipinski definition) is 0. The zero-order chi connectivity index (χ0) is 19.7. The fraction of sp³-hybridized carbons (Fsp3) is 0.304. The maximum atomic E-state index is 4.30. The van der Waals surface area contributed by atoms with Gasteiger partial charge < -0.3 is 0 Å². The summed E-state index contributed by atoms with van der Waals surface area (Å²) < 4.78 is 3.85. The van der Waals surface area contributed by atoms with Gasteiger partial charge in [0.15, 0.2) is 0 Å². The van der Waals surface area contributed by atoms with E-state index in [9.17, 15) is 0 Å². The van der Waals surface area contributed by atoms with Gasteiger partial charge in [-0.05, 0) is 43.2 Å². The maximum absolute atomic E-state index is 4.30. The third-order valence-corrected chi connectivity index (χ3v) is 4.95. The first-order chi connectivity index (χ1) is 14.3. The molecule has 6 heteroatoms. The highest BCUT2D eigenvalue weighted by atomic mass is 15.4. The Morgan fingerprint density at radius 2 is 1.14 bits per heavy atom. The van der Waals surface area contributed by atoms with Crippen molar-refractivity contribution in [3.8, 4) is 0 Å². The van der Waals surface area contributed by atoms with Gasteiger partial charge in [0.25, 0.3) is 0 Å². The van der Waals surface area contributed by atoms with Crippen LogP contribution >= 0.6 is 0 Å². The summed E-state index contributed by atoms with van der Waals surface area (Å²) in [4.78, 5) is 0. The molecule has 0 amide bonds. The van der Waals surface area contributed by atoms with Crippen LogP contribution in [0.25, 0.3) is 0 Å². The molecule has 4 aromatic rings. The van der Waals surface area contributed by atoms with Crippen LogP contribution in [0.4, 0.5) is 0 Å². The Hall–Kier alpha value is -3.28. The van der Waals surface area contributed by atoms with Crippen molar-refractivity contribution < 1.29 is 0 Å². The number of benzene rings is 2. The third-order valence-electron chi connectivity index (χ3n) is 4.95. The van der Waals surface area contributed by atoms with Gasteiger partial charge >= 0.3 is 0 Å². The van der Waals surface area contributed by atoms with Gasteiger partial charge in [-0.15, -0.1) is 10.2 Å². The van der Waals surface area contributed by atoms with Gasteiger partial charge in [0.2, 0.25) is 0 Å². The minimum Gasteiger partial charge on any atom is -0.252 e. The lowest BCUT2D eigenvalue weighted by Crippen LogP contribution is -2.01. The Morgan fingerprint density at radius 1 is 0.586 bits per heavy atom. The van der Waals surface area contributed by atoms with Crippen LogP contribution in [0.1, 0.15) is 35.4 Å². The maximum Gasteiger partial charge on any atom is 0.0827 e. The van der Waals surface area contributed by atoms with E-state index in [0.29, 0.717) is 0 Å². The van der Waals surface area contributed by atoms with Crippen molar-refractivity contribution in [3.63, 3.8) is 0 Å². The Bertz CT molecular complexity index is 990. The summed E-state index contributed by atoms with van der Waals surface area (Å²) in [6, 6.07) is 20.8. The monoisotopic (exact) mass is 386 g/mol. The van der Waals surface area contributed by atoms with Gasteiger partial charge in [-0.1, -0.05) is 71.1 Å². The fourth-order valence-electron chi connectivity index (χ4n) is 3.36. The van der Waals surface area contributed by atoms with Crippen LogP contribution in [-0.4, -0.2) is 30.0 Å². The van der Waals surface area contributed by atoms with E-state index < -0.39 is 0 Å². The molecule has 0 atom stereocenters. The Labute approximate surface area is 171 Å². The van der Waals surface area contributed by atoms with Crippen LogP contribution < -0.4 is 0 Å². The quantitative estimate of drug-likeness (QED) is 0.390. The van der Waals surface area contributed by atoms with Crippen molar-refractivity contribution in [3.05, 3.63) is 95.6 Å². The van der Waals surface area contributed by atoms with Crippen molar-refractivity contribution in [2.24, 2.45) is 0 Å². The molecule has 2 aromatic heterocycles. The molecule has 2 heterocycles. The lowest BCUT2D eigenvalue weighted by molar-refractivity contribution is 0.589. The molecule has 2 aromatic carbocycles. The topological polar surface area (TPSA) is 61.4 Å². The molecular formula is C23H26N6. The van der Waals surface area contributed by atoms with Crippen LogP contribution in [0.3, 0.4) is 0 Å². The Kier molecular flexibility index (Phi) is 6.42. The molecule has 0 fully saturated rings. The molecule has 0 bridgehead atoms. The first-order valence-corrected chi connectivity index (χ1v) is 10.2. The molecule has 0 aliphatic rings. The van der Waals surface area contributed by atoms with E-state index in [1.807, 2.05) is 39.8 Å². The molecule has 148 valence electrons. The highest BCUT2D eigenvalue weighted by Crippen LogP contribution is 2.08. The van der Waals surface area contributed by atoms with Crippen LogP contribution in [0.2, 0.25) is 0 Å². The standard InChI is InChI=1S/C23H26N6/c1-3-9-20(10-4-1)15-16-28-18-22(24-26-28)13-7-8-14-23-19-29(27-25-23)17-21-11-5-2-6-12-21/h1-6,9-12,18-19H,7-8,13-17H2. The van der Waals surface area contributed by atoms with E-state index in [-0.39, 0.29) is 0 Å². The SMILES string of the molecule is c1ccc(CCn2cc(CCCCc3cn(Cc4ccccc4)nn3)nn2)cc1. The van der Waals surface area contributed by atoms with Crippen molar-refractivity contribution in [2.75, 3.05) is 0 Å². The second-order valence-corrected chi connectivity index (χ2v) is 7.31. The average molecular weight is 387 g/mol. The molecule has 4 rings (SSSR count). The highest BCUT2D eigenvalue weighted by molar-refractivity contribution is 5.15. The molecule has 0 aliphatic carbocycles. The predicted molar refractivity (Wildman–Crippen MR) is 112 cm³/mol. The second-order valence-electron chi connectivity index (χ2n) is 7.31. The molecule has 0 unspecified atom stereocenters. The molecule has 29 heavy (non-hydrogen) atoms. The lowest BCUT2D eigenvalue weighted by Gasteiger charge is -2.00. The van der Waals surface area contributed by atoms with Crippen molar-refractivity contribution >= 4 is 0 Å². The van der Waals surface area contributed by atoms with Gasteiger partial charge in [-0.2, -0.15) is 0 Å². The van der Waals surface area contributed by atoms with E-state index in [2.05, 4.69) is 63.2 Å². The number of rotatable bonds is 10. The fourth-order valence-corrected chi connectivity index (χ4v) is 3.36. The van der Waals surface area contributed by atoms with E-state index in [4.69, 9.17) is 0 Å². The zero-order valence-electron chi connectivity index (χ0n) is 16.6. The summed E-state index contributed by atoms with van der Waals surface area (Å²) in [6.45, 7) is 1.63. The molecule has 0 saturated carbocycles. The van der Waals surface area contributed by atoms with Gasteiger partial charge in [-0.25, -0.2) is 4.68 Å². The first-order valence-electron chi connectivity index (χ1n) is 10.2. The predicted octanol–water partition coefficient (Wildman–Crippen LogP) is 3.73. The molecule has 0 saturated heterocycles. The van der Waals surface area contributed by atoms with E-state index >= 15 is 0 Å². The number of aryl methyl sites for hydroxylation is 4. The Balaban J connectivity index is 1.17. The van der Waals surface area contributed by atoms with Crippen LogP contribution in [0.5, 0.6) is 0 Å². The summed E-state index contributed by atoms with van der Waals surface area (Å²) in [5.41, 5.74) is 4.67. The van der Waals surface area contributed by atoms with Crippen molar-refractivity contribution in [1.82, 2.24) is 30.0 Å². The molecule has 0 aliphatic heterocycles. The number of nitrogens with zero attached hydrogens (tertiary/aromatic N) is 6. The summed E-state index contributed by atoms with van der Waals surface area (Å²) in [7, 11) is 0.